The maximum atomic E-state index is 14.3. The summed E-state index contributed by atoms with van der Waals surface area (Å²) in [6, 6.07) is 3.49. The average molecular weight is 578 g/mol. The smallest absolute Gasteiger partial charge is 0.341 e. The van der Waals surface area contributed by atoms with Crippen molar-refractivity contribution in [1.29, 1.82) is 0 Å². The number of nitrogens with one attached hydrogen (secondary N) is 1. The molecule has 0 aliphatic carbocycles. The number of hydrogen-bond acceptors (Lipinski definition) is 5. The molecule has 2 aromatic rings. The molecule has 1 atom stereocenters. The van der Waals surface area contributed by atoms with Crippen LogP contribution in [-0.2, 0) is 22.3 Å². The van der Waals surface area contributed by atoms with Crippen LogP contribution in [-0.4, -0.2) is 75.2 Å². The minimum atomic E-state index is -4.78. The molecule has 1 aromatic carbocycles. The summed E-state index contributed by atoms with van der Waals surface area (Å²) < 4.78 is 53.7. The molecule has 4 rings (SSSR count). The van der Waals surface area contributed by atoms with E-state index in [-0.39, 0.29) is 38.4 Å². The number of piperidine rings is 1. The number of carbonyl (C=O) groups excluding carboxylic acids is 4. The molecule has 41 heavy (non-hydrogen) atoms. The van der Waals surface area contributed by atoms with Crippen molar-refractivity contribution in [2.24, 2.45) is 5.92 Å². The number of rotatable bonds is 6. The fourth-order valence-electron chi connectivity index (χ4n) is 5.37. The minimum Gasteiger partial charge on any atom is -0.341 e. The highest BCUT2D eigenvalue weighted by Crippen LogP contribution is 2.38. The van der Waals surface area contributed by atoms with E-state index < -0.39 is 58.5 Å². The van der Waals surface area contributed by atoms with E-state index in [1.54, 1.807) is 26.1 Å². The van der Waals surface area contributed by atoms with Gasteiger partial charge in [-0.05, 0) is 61.6 Å². The van der Waals surface area contributed by atoms with Gasteiger partial charge in [-0.25, -0.2) is 9.18 Å². The van der Waals surface area contributed by atoms with Crippen LogP contribution in [0.5, 0.6) is 0 Å². The molecule has 2 aliphatic heterocycles. The number of benzene rings is 1. The molecular formula is C28H31F4N5O4. The summed E-state index contributed by atoms with van der Waals surface area (Å²) in [6.07, 6.45) is -2.86. The SMILES string of the molecule is Cc1cc(CN2C(=O)N(C)C(=O)C23CCN(C(=O)[C@H](NC(=O)c2cc(C(F)(F)F)ccc2F)C(C)C)CC3)ccn1. The monoisotopic (exact) mass is 577 g/mol. The second-order valence-corrected chi connectivity index (χ2v) is 10.8. The van der Waals surface area contributed by atoms with E-state index in [0.717, 1.165) is 16.2 Å². The van der Waals surface area contributed by atoms with E-state index in [0.29, 0.717) is 18.2 Å². The van der Waals surface area contributed by atoms with Crippen LogP contribution in [0.3, 0.4) is 0 Å². The topological polar surface area (TPSA) is 103 Å². The molecule has 1 spiro atoms. The van der Waals surface area contributed by atoms with E-state index in [1.807, 2.05) is 13.0 Å². The van der Waals surface area contributed by atoms with Gasteiger partial charge < -0.3 is 15.1 Å². The summed E-state index contributed by atoms with van der Waals surface area (Å²) in [4.78, 5) is 60.9. The first-order valence-corrected chi connectivity index (χ1v) is 13.1. The maximum Gasteiger partial charge on any atom is 0.416 e. The van der Waals surface area contributed by atoms with E-state index in [4.69, 9.17) is 0 Å². The largest absolute Gasteiger partial charge is 0.416 e. The van der Waals surface area contributed by atoms with Gasteiger partial charge in [0.25, 0.3) is 11.8 Å². The Morgan fingerprint density at radius 2 is 1.76 bits per heavy atom. The van der Waals surface area contributed by atoms with Gasteiger partial charge in [0.15, 0.2) is 0 Å². The van der Waals surface area contributed by atoms with Gasteiger partial charge in [-0.2, -0.15) is 13.2 Å². The van der Waals surface area contributed by atoms with Crippen molar-refractivity contribution in [1.82, 2.24) is 25.0 Å². The number of aryl methyl sites for hydroxylation is 1. The molecule has 5 amide bonds. The Morgan fingerprint density at radius 3 is 2.34 bits per heavy atom. The number of nitrogens with zero attached hydrogens (tertiary/aromatic N) is 4. The van der Waals surface area contributed by atoms with Crippen LogP contribution < -0.4 is 5.32 Å². The van der Waals surface area contributed by atoms with Crippen LogP contribution in [0.1, 0.15) is 53.9 Å². The van der Waals surface area contributed by atoms with Crippen LogP contribution in [0.4, 0.5) is 22.4 Å². The summed E-state index contributed by atoms with van der Waals surface area (Å²) in [5, 5.41) is 2.40. The zero-order valence-corrected chi connectivity index (χ0v) is 23.1. The highest BCUT2D eigenvalue weighted by Gasteiger charge is 2.57. The number of urea groups is 1. The molecule has 13 heteroatoms. The fourth-order valence-corrected chi connectivity index (χ4v) is 5.37. The van der Waals surface area contributed by atoms with Gasteiger partial charge in [0.1, 0.15) is 17.4 Å². The zero-order chi connectivity index (χ0) is 30.3. The normalized spacial score (nSPS) is 17.9. The average Bonchev–Trinajstić information content (AvgIpc) is 3.07. The highest BCUT2D eigenvalue weighted by molar-refractivity contribution is 6.07. The number of likely N-dealkylation sites (N-methyl/N-ethyl adjacent to an activating group) is 1. The maximum absolute atomic E-state index is 14.3. The second-order valence-electron chi connectivity index (χ2n) is 10.8. The third-order valence-electron chi connectivity index (χ3n) is 7.70. The van der Waals surface area contributed by atoms with Crippen LogP contribution in [0.2, 0.25) is 0 Å². The van der Waals surface area contributed by atoms with Gasteiger partial charge in [0, 0.05) is 38.6 Å². The standard InChI is InChI=1S/C28H31F4N5O4/c1-16(2)22(34-23(38)20-14-19(28(30,31)32)5-6-21(20)29)24(39)36-11-8-27(9-12-36)25(40)35(4)26(41)37(27)15-18-7-10-33-17(3)13-18/h5-7,10,13-14,16,22H,8-9,11-12,15H2,1-4H3,(H,34,38)/t22-/m1/s1. The summed E-state index contributed by atoms with van der Waals surface area (Å²) in [7, 11) is 1.42. The first kappa shape index (κ1) is 29.9. The number of imide groups is 1. The Balaban J connectivity index is 1.50. The number of halogens is 4. The first-order valence-electron chi connectivity index (χ1n) is 13.1. The van der Waals surface area contributed by atoms with E-state index in [9.17, 15) is 36.7 Å². The van der Waals surface area contributed by atoms with Crippen molar-refractivity contribution in [3.05, 3.63) is 64.7 Å². The predicted molar refractivity (Wildman–Crippen MR) is 139 cm³/mol. The Morgan fingerprint density at radius 1 is 1.10 bits per heavy atom. The molecule has 1 aromatic heterocycles. The number of carbonyl (C=O) groups is 4. The Bertz CT molecular complexity index is 1370. The lowest BCUT2D eigenvalue weighted by Crippen LogP contribution is -2.60. The molecule has 0 unspecified atom stereocenters. The molecule has 9 nitrogen and oxygen atoms in total. The lowest BCUT2D eigenvalue weighted by molar-refractivity contribution is -0.142. The molecule has 0 radical (unpaired) electrons. The molecule has 2 fully saturated rings. The predicted octanol–water partition coefficient (Wildman–Crippen LogP) is 3.76. The quantitative estimate of drug-likeness (QED) is 0.416. The minimum absolute atomic E-state index is 0.0918. The van der Waals surface area contributed by atoms with Crippen LogP contribution in [0.25, 0.3) is 0 Å². The molecule has 220 valence electrons. The van der Waals surface area contributed by atoms with Crippen molar-refractivity contribution in [2.75, 3.05) is 20.1 Å². The molecule has 2 saturated heterocycles. The molecule has 2 aliphatic rings. The Labute approximate surface area is 234 Å². The fraction of sp³-hybridized carbons (Fsp3) is 0.464. The summed E-state index contributed by atoms with van der Waals surface area (Å²) in [5.41, 5.74) is -1.61. The third kappa shape index (κ3) is 5.75. The summed E-state index contributed by atoms with van der Waals surface area (Å²) in [6.45, 7) is 5.47. The number of aromatic nitrogens is 1. The van der Waals surface area contributed by atoms with Gasteiger partial charge >= 0.3 is 12.2 Å². The number of likely N-dealkylation sites (tertiary alicyclic amines) is 1. The molecular weight excluding hydrogens is 546 g/mol. The first-order chi connectivity index (χ1) is 19.2. The van der Waals surface area contributed by atoms with Crippen molar-refractivity contribution in [3.8, 4) is 0 Å². The van der Waals surface area contributed by atoms with Crippen molar-refractivity contribution in [2.45, 2.75) is 57.9 Å². The zero-order valence-electron chi connectivity index (χ0n) is 23.1. The van der Waals surface area contributed by atoms with Crippen LogP contribution in [0.15, 0.2) is 36.5 Å². The van der Waals surface area contributed by atoms with Crippen molar-refractivity contribution in [3.63, 3.8) is 0 Å². The van der Waals surface area contributed by atoms with Gasteiger partial charge in [-0.1, -0.05) is 13.8 Å². The van der Waals surface area contributed by atoms with Gasteiger partial charge in [0.2, 0.25) is 5.91 Å². The molecule has 0 saturated carbocycles. The molecule has 1 N–H and O–H groups in total. The number of hydrogen-bond donors (Lipinski definition) is 1. The number of alkyl halides is 3. The van der Waals surface area contributed by atoms with Gasteiger partial charge in [-0.15, -0.1) is 0 Å². The molecule has 3 heterocycles. The highest BCUT2D eigenvalue weighted by atomic mass is 19.4. The molecule has 0 bridgehead atoms. The van der Waals surface area contributed by atoms with Crippen molar-refractivity contribution < 1.29 is 36.7 Å². The van der Waals surface area contributed by atoms with Crippen molar-refractivity contribution >= 4 is 23.8 Å². The van der Waals surface area contributed by atoms with Crippen LogP contribution in [0, 0.1) is 18.7 Å². The number of amides is 5. The Hall–Kier alpha value is -4.03. The number of pyridine rings is 1. The van der Waals surface area contributed by atoms with Gasteiger partial charge in [0.05, 0.1) is 11.1 Å². The second kappa shape index (κ2) is 11.1. The summed E-state index contributed by atoms with van der Waals surface area (Å²) >= 11 is 0. The van der Waals surface area contributed by atoms with E-state index >= 15 is 0 Å². The van der Waals surface area contributed by atoms with E-state index in [1.165, 1.54) is 16.8 Å². The van der Waals surface area contributed by atoms with Gasteiger partial charge in [-0.3, -0.25) is 24.3 Å². The Kier molecular flexibility index (Phi) is 8.10. The third-order valence-corrected chi connectivity index (χ3v) is 7.70. The van der Waals surface area contributed by atoms with Crippen LogP contribution >= 0.6 is 0 Å². The lowest BCUT2D eigenvalue weighted by Gasteiger charge is -2.43. The summed E-state index contributed by atoms with van der Waals surface area (Å²) in [5.74, 6) is -3.66. The van der Waals surface area contributed by atoms with E-state index in [2.05, 4.69) is 10.3 Å². The lowest BCUT2D eigenvalue weighted by atomic mass is 9.85.